The van der Waals surface area contributed by atoms with Crippen molar-refractivity contribution in [3.05, 3.63) is 46.9 Å². The molecule has 3 N–H and O–H groups in total. The minimum absolute atomic E-state index is 0.0854. The number of nitrogens with one attached hydrogen (secondary N) is 1. The quantitative estimate of drug-likeness (QED) is 0.392. The fourth-order valence-electron chi connectivity index (χ4n) is 2.86. The van der Waals surface area contributed by atoms with Crippen LogP contribution in [0, 0.1) is 11.7 Å². The molecule has 0 bridgehead atoms. The van der Waals surface area contributed by atoms with E-state index in [9.17, 15) is 26.4 Å². The highest BCUT2D eigenvalue weighted by atomic mass is 35.5. The van der Waals surface area contributed by atoms with Gasteiger partial charge in [-0.1, -0.05) is 19.9 Å². The summed E-state index contributed by atoms with van der Waals surface area (Å²) in [5, 5.41) is -1.09. The molecule has 1 heterocycles. The Morgan fingerprint density at radius 2 is 1.88 bits per heavy atom. The molecule has 2 aromatic rings. The molecular weight excluding hydrogens is 483 g/mol. The van der Waals surface area contributed by atoms with E-state index >= 15 is 0 Å². The SMILES string of the molecule is CC(C)COc1nc(C(F)(F)Cl)ccc1CNC(=O)C(C)c1ccc(S(C)(=O)=O)c(F)c1N. The van der Waals surface area contributed by atoms with Gasteiger partial charge >= 0.3 is 5.38 Å². The predicted molar refractivity (Wildman–Crippen MR) is 119 cm³/mol. The predicted octanol–water partition coefficient (Wildman–Crippen LogP) is 3.95. The number of aromatic nitrogens is 1. The normalized spacial score (nSPS) is 13.1. The van der Waals surface area contributed by atoms with Crippen LogP contribution < -0.4 is 15.8 Å². The zero-order valence-corrected chi connectivity index (χ0v) is 20.0. The van der Waals surface area contributed by atoms with Crippen LogP contribution in [0.2, 0.25) is 0 Å². The summed E-state index contributed by atoms with van der Waals surface area (Å²) >= 11 is 5.05. The van der Waals surface area contributed by atoms with Crippen LogP contribution in [0.1, 0.15) is 43.5 Å². The summed E-state index contributed by atoms with van der Waals surface area (Å²) in [5.74, 6) is -2.64. The first-order chi connectivity index (χ1) is 15.1. The first-order valence-corrected chi connectivity index (χ1v) is 12.1. The molecule has 33 heavy (non-hydrogen) atoms. The zero-order chi connectivity index (χ0) is 25.1. The largest absolute Gasteiger partial charge is 0.477 e. The summed E-state index contributed by atoms with van der Waals surface area (Å²) in [7, 11) is -3.83. The van der Waals surface area contributed by atoms with Crippen LogP contribution in [0.4, 0.5) is 18.9 Å². The third-order valence-corrected chi connectivity index (χ3v) is 5.98. The van der Waals surface area contributed by atoms with Gasteiger partial charge in [-0.2, -0.15) is 8.78 Å². The van der Waals surface area contributed by atoms with Gasteiger partial charge in [0.1, 0.15) is 10.6 Å². The number of anilines is 1. The molecule has 0 saturated heterocycles. The van der Waals surface area contributed by atoms with E-state index in [1.54, 1.807) is 0 Å². The summed E-state index contributed by atoms with van der Waals surface area (Å²) in [6, 6.07) is 4.66. The molecular formula is C21H25ClF3N3O4S. The number of amides is 1. The second-order valence-corrected chi connectivity index (χ2v) is 10.4. The highest BCUT2D eigenvalue weighted by Gasteiger charge is 2.31. The molecule has 0 spiro atoms. The molecule has 0 aliphatic rings. The zero-order valence-electron chi connectivity index (χ0n) is 18.5. The Morgan fingerprint density at radius 3 is 2.42 bits per heavy atom. The van der Waals surface area contributed by atoms with Gasteiger partial charge in [-0.25, -0.2) is 17.8 Å². The Balaban J connectivity index is 2.24. The van der Waals surface area contributed by atoms with Crippen molar-refractivity contribution < 1.29 is 31.1 Å². The summed E-state index contributed by atoms with van der Waals surface area (Å²) in [4.78, 5) is 15.9. The molecule has 2 rings (SSSR count). The number of nitrogens with two attached hydrogens (primary N) is 1. The average molecular weight is 508 g/mol. The van der Waals surface area contributed by atoms with Gasteiger partial charge in [-0.05, 0) is 48.2 Å². The number of halogens is 4. The lowest BCUT2D eigenvalue weighted by molar-refractivity contribution is -0.122. The molecule has 0 saturated carbocycles. The lowest BCUT2D eigenvalue weighted by Gasteiger charge is -2.18. The Bertz CT molecular complexity index is 1140. The Kier molecular flexibility index (Phi) is 8.23. The van der Waals surface area contributed by atoms with Gasteiger partial charge in [0.25, 0.3) is 0 Å². The molecule has 0 fully saturated rings. The maximum Gasteiger partial charge on any atom is 0.364 e. The van der Waals surface area contributed by atoms with Gasteiger partial charge in [-0.15, -0.1) is 0 Å². The highest BCUT2D eigenvalue weighted by Crippen LogP contribution is 2.33. The van der Waals surface area contributed by atoms with Crippen LogP contribution in [0.15, 0.2) is 29.2 Å². The van der Waals surface area contributed by atoms with Crippen molar-refractivity contribution in [3.8, 4) is 5.88 Å². The first-order valence-electron chi connectivity index (χ1n) is 9.88. The van der Waals surface area contributed by atoms with E-state index in [0.717, 1.165) is 18.4 Å². The molecule has 0 radical (unpaired) electrons. The van der Waals surface area contributed by atoms with Crippen molar-refractivity contribution in [2.75, 3.05) is 18.6 Å². The van der Waals surface area contributed by atoms with Gasteiger partial charge in [0, 0.05) is 18.4 Å². The molecule has 1 aromatic heterocycles. The van der Waals surface area contributed by atoms with Crippen molar-refractivity contribution in [3.63, 3.8) is 0 Å². The topological polar surface area (TPSA) is 111 Å². The summed E-state index contributed by atoms with van der Waals surface area (Å²) in [6.07, 6.45) is 0.846. The van der Waals surface area contributed by atoms with Crippen molar-refractivity contribution in [2.45, 2.75) is 43.5 Å². The van der Waals surface area contributed by atoms with E-state index in [4.69, 9.17) is 22.1 Å². The average Bonchev–Trinajstić information content (AvgIpc) is 2.70. The van der Waals surface area contributed by atoms with Gasteiger partial charge in [-0.3, -0.25) is 4.79 Å². The smallest absolute Gasteiger partial charge is 0.364 e. The maximum absolute atomic E-state index is 14.4. The lowest BCUT2D eigenvalue weighted by Crippen LogP contribution is -2.28. The number of pyridine rings is 1. The number of benzene rings is 1. The summed E-state index contributed by atoms with van der Waals surface area (Å²) < 4.78 is 70.1. The van der Waals surface area contributed by atoms with Crippen molar-refractivity contribution >= 4 is 33.0 Å². The van der Waals surface area contributed by atoms with Crippen LogP contribution >= 0.6 is 11.6 Å². The lowest BCUT2D eigenvalue weighted by atomic mass is 9.98. The number of sulfone groups is 1. The fourth-order valence-corrected chi connectivity index (χ4v) is 3.72. The number of hydrogen-bond donors (Lipinski definition) is 2. The van der Waals surface area contributed by atoms with Crippen LogP contribution in [0.25, 0.3) is 0 Å². The number of hydrogen-bond acceptors (Lipinski definition) is 6. The van der Waals surface area contributed by atoms with E-state index < -0.39 is 49.1 Å². The standard InChI is InChI=1S/C21H25ClF3N3O4S/c1-11(2)10-32-20-13(5-8-16(28-20)21(22,24)25)9-27-19(29)12(3)14-6-7-15(33(4,30)31)17(23)18(14)26/h5-8,11-12H,9-10,26H2,1-4H3,(H,27,29). The van der Waals surface area contributed by atoms with Gasteiger partial charge in [0.15, 0.2) is 15.7 Å². The van der Waals surface area contributed by atoms with Crippen LogP contribution in [-0.2, 0) is 26.6 Å². The first kappa shape index (κ1) is 26.7. The van der Waals surface area contributed by atoms with E-state index in [2.05, 4.69) is 10.3 Å². The molecule has 0 aliphatic carbocycles. The number of ether oxygens (including phenoxy) is 1. The molecule has 1 unspecified atom stereocenters. The molecule has 1 atom stereocenters. The Labute approximate surface area is 195 Å². The number of carbonyl (C=O) groups excluding carboxylic acids is 1. The van der Waals surface area contributed by atoms with Gasteiger partial charge in [0.05, 0.1) is 18.2 Å². The second kappa shape index (κ2) is 10.2. The summed E-state index contributed by atoms with van der Waals surface area (Å²) in [5.41, 5.74) is 5.03. The minimum Gasteiger partial charge on any atom is -0.477 e. The Morgan fingerprint density at radius 1 is 1.24 bits per heavy atom. The van der Waals surface area contributed by atoms with Crippen LogP contribution in [0.3, 0.4) is 0 Å². The summed E-state index contributed by atoms with van der Waals surface area (Å²) in [6.45, 7) is 5.27. The van der Waals surface area contributed by atoms with E-state index in [1.807, 2.05) is 13.8 Å². The minimum atomic E-state index is -3.83. The van der Waals surface area contributed by atoms with Gasteiger partial charge in [0.2, 0.25) is 11.8 Å². The van der Waals surface area contributed by atoms with E-state index in [-0.39, 0.29) is 30.5 Å². The maximum atomic E-state index is 14.4. The molecule has 7 nitrogen and oxygen atoms in total. The fraction of sp³-hybridized carbons (Fsp3) is 0.429. The molecule has 1 amide bonds. The van der Waals surface area contributed by atoms with Crippen LogP contribution in [0.5, 0.6) is 5.88 Å². The van der Waals surface area contributed by atoms with E-state index in [0.29, 0.717) is 5.56 Å². The number of carbonyl (C=O) groups is 1. The highest BCUT2D eigenvalue weighted by molar-refractivity contribution is 7.90. The van der Waals surface area contributed by atoms with E-state index in [1.165, 1.54) is 19.1 Å². The monoisotopic (exact) mass is 507 g/mol. The van der Waals surface area contributed by atoms with Crippen molar-refractivity contribution in [1.82, 2.24) is 10.3 Å². The third-order valence-electron chi connectivity index (χ3n) is 4.67. The second-order valence-electron chi connectivity index (χ2n) is 7.96. The number of nitrogen functional groups attached to an aromatic ring is 1. The molecule has 12 heteroatoms. The third kappa shape index (κ3) is 6.73. The Hall–Kier alpha value is -2.53. The number of rotatable bonds is 9. The molecule has 182 valence electrons. The van der Waals surface area contributed by atoms with Crippen LogP contribution in [-0.4, -0.2) is 32.2 Å². The number of alkyl halides is 3. The molecule has 1 aromatic carbocycles. The molecule has 0 aliphatic heterocycles. The van der Waals surface area contributed by atoms with Crippen molar-refractivity contribution in [2.24, 2.45) is 5.92 Å². The van der Waals surface area contributed by atoms with Gasteiger partial charge < -0.3 is 15.8 Å². The number of nitrogens with zero attached hydrogens (tertiary/aromatic N) is 1. The van der Waals surface area contributed by atoms with Crippen molar-refractivity contribution in [1.29, 1.82) is 0 Å².